The lowest BCUT2D eigenvalue weighted by atomic mass is 9.83. The van der Waals surface area contributed by atoms with Crippen LogP contribution in [-0.2, 0) is 15.3 Å². The van der Waals surface area contributed by atoms with Gasteiger partial charge in [-0.15, -0.1) is 0 Å². The standard InChI is InChI=1S/C19H22O3S/c1-14-12-15(10-11-17(14)19(2,3)4)18(20)13-23(21,22)16-8-6-5-7-9-16/h5-12H,13H2,1-4H3. The van der Waals surface area contributed by atoms with Crippen molar-refractivity contribution < 1.29 is 13.2 Å². The Hall–Kier alpha value is -1.94. The van der Waals surface area contributed by atoms with Crippen molar-refractivity contribution in [1.82, 2.24) is 0 Å². The quantitative estimate of drug-likeness (QED) is 0.798. The fourth-order valence-electron chi connectivity index (χ4n) is 2.65. The molecule has 4 heteroatoms. The number of Topliss-reactive ketones (excluding diaryl/α,β-unsaturated/α-hetero) is 1. The number of carbonyl (C=O) groups excluding carboxylic acids is 1. The highest BCUT2D eigenvalue weighted by atomic mass is 32.2. The number of carbonyl (C=O) groups is 1. The Morgan fingerprint density at radius 2 is 1.61 bits per heavy atom. The van der Waals surface area contributed by atoms with E-state index in [2.05, 4.69) is 20.8 Å². The largest absolute Gasteiger partial charge is 0.293 e. The molecule has 0 bridgehead atoms. The minimum Gasteiger partial charge on any atom is -0.293 e. The first-order chi connectivity index (χ1) is 10.6. The third-order valence-corrected chi connectivity index (χ3v) is 5.41. The van der Waals surface area contributed by atoms with Crippen LogP contribution >= 0.6 is 0 Å². The van der Waals surface area contributed by atoms with Crippen molar-refractivity contribution in [2.75, 3.05) is 5.75 Å². The molecule has 0 radical (unpaired) electrons. The fraction of sp³-hybridized carbons (Fsp3) is 0.316. The van der Waals surface area contributed by atoms with E-state index in [-0.39, 0.29) is 16.1 Å². The maximum Gasteiger partial charge on any atom is 0.185 e. The van der Waals surface area contributed by atoms with Gasteiger partial charge in [0.25, 0.3) is 0 Å². The van der Waals surface area contributed by atoms with Gasteiger partial charge >= 0.3 is 0 Å². The summed E-state index contributed by atoms with van der Waals surface area (Å²) in [6.07, 6.45) is 0. The van der Waals surface area contributed by atoms with Crippen LogP contribution in [0, 0.1) is 6.92 Å². The van der Waals surface area contributed by atoms with Crippen molar-refractivity contribution in [2.24, 2.45) is 0 Å². The van der Waals surface area contributed by atoms with Gasteiger partial charge in [0.2, 0.25) is 0 Å². The summed E-state index contributed by atoms with van der Waals surface area (Å²) in [5.74, 6) is -0.886. The maximum atomic E-state index is 12.4. The highest BCUT2D eigenvalue weighted by Crippen LogP contribution is 2.26. The average Bonchev–Trinajstić information content (AvgIpc) is 2.46. The second-order valence-corrected chi connectivity index (χ2v) is 8.76. The zero-order chi connectivity index (χ0) is 17.3. The minimum absolute atomic E-state index is 0.0121. The predicted octanol–water partition coefficient (Wildman–Crippen LogP) is 3.95. The number of aryl methyl sites for hydroxylation is 1. The van der Waals surface area contributed by atoms with Gasteiger partial charge in [0.1, 0.15) is 5.75 Å². The van der Waals surface area contributed by atoms with Gasteiger partial charge in [0, 0.05) is 5.56 Å². The molecule has 0 fully saturated rings. The Labute approximate surface area is 138 Å². The van der Waals surface area contributed by atoms with Gasteiger partial charge in [-0.1, -0.05) is 51.1 Å². The molecule has 0 aliphatic heterocycles. The van der Waals surface area contributed by atoms with Crippen LogP contribution in [-0.4, -0.2) is 20.0 Å². The SMILES string of the molecule is Cc1cc(C(=O)CS(=O)(=O)c2ccccc2)ccc1C(C)(C)C. The summed E-state index contributed by atoms with van der Waals surface area (Å²) >= 11 is 0. The van der Waals surface area contributed by atoms with Crippen molar-refractivity contribution >= 4 is 15.6 Å². The van der Waals surface area contributed by atoms with Gasteiger partial charge in [0.15, 0.2) is 15.6 Å². The third kappa shape index (κ3) is 4.08. The van der Waals surface area contributed by atoms with E-state index in [0.29, 0.717) is 5.56 Å². The zero-order valence-electron chi connectivity index (χ0n) is 14.0. The molecule has 0 saturated heterocycles. The van der Waals surface area contributed by atoms with Crippen LogP contribution in [0.4, 0.5) is 0 Å². The molecule has 2 aromatic rings. The van der Waals surface area contributed by atoms with E-state index < -0.39 is 15.6 Å². The molecule has 0 unspecified atom stereocenters. The highest BCUT2D eigenvalue weighted by Gasteiger charge is 2.22. The molecule has 0 aliphatic carbocycles. The van der Waals surface area contributed by atoms with E-state index in [9.17, 15) is 13.2 Å². The van der Waals surface area contributed by atoms with E-state index in [4.69, 9.17) is 0 Å². The smallest absolute Gasteiger partial charge is 0.185 e. The van der Waals surface area contributed by atoms with Crippen LogP contribution in [0.1, 0.15) is 42.3 Å². The molecule has 0 amide bonds. The molecular weight excluding hydrogens is 308 g/mol. The van der Waals surface area contributed by atoms with E-state index in [1.54, 1.807) is 30.3 Å². The van der Waals surface area contributed by atoms with Crippen LogP contribution in [0.5, 0.6) is 0 Å². The molecule has 0 atom stereocenters. The van der Waals surface area contributed by atoms with Gasteiger partial charge in [-0.3, -0.25) is 4.79 Å². The third-order valence-electron chi connectivity index (χ3n) is 3.78. The van der Waals surface area contributed by atoms with Crippen LogP contribution in [0.15, 0.2) is 53.4 Å². The normalized spacial score (nSPS) is 12.2. The van der Waals surface area contributed by atoms with Crippen LogP contribution in [0.2, 0.25) is 0 Å². The monoisotopic (exact) mass is 330 g/mol. The second kappa shape index (κ2) is 6.28. The summed E-state index contributed by atoms with van der Waals surface area (Å²) < 4.78 is 24.6. The Kier molecular flexibility index (Phi) is 4.76. The molecule has 0 N–H and O–H groups in total. The topological polar surface area (TPSA) is 51.2 Å². The van der Waals surface area contributed by atoms with E-state index in [0.717, 1.165) is 11.1 Å². The van der Waals surface area contributed by atoms with Crippen LogP contribution < -0.4 is 0 Å². The molecular formula is C19H22O3S. The van der Waals surface area contributed by atoms with Crippen molar-refractivity contribution in [1.29, 1.82) is 0 Å². The van der Waals surface area contributed by atoms with E-state index >= 15 is 0 Å². The molecule has 2 aromatic carbocycles. The number of hydrogen-bond donors (Lipinski definition) is 0. The zero-order valence-corrected chi connectivity index (χ0v) is 14.8. The molecule has 0 heterocycles. The molecule has 122 valence electrons. The predicted molar refractivity (Wildman–Crippen MR) is 92.7 cm³/mol. The first kappa shape index (κ1) is 17.4. The Balaban J connectivity index is 2.27. The lowest BCUT2D eigenvalue weighted by molar-refractivity contribution is 0.102. The Morgan fingerprint density at radius 1 is 1.00 bits per heavy atom. The highest BCUT2D eigenvalue weighted by molar-refractivity contribution is 7.92. The fourth-order valence-corrected chi connectivity index (χ4v) is 3.90. The molecule has 23 heavy (non-hydrogen) atoms. The van der Waals surface area contributed by atoms with E-state index in [1.165, 1.54) is 12.1 Å². The molecule has 2 rings (SSSR count). The Morgan fingerprint density at radius 3 is 2.13 bits per heavy atom. The molecule has 0 aliphatic rings. The molecule has 0 saturated carbocycles. The van der Waals surface area contributed by atoms with Gasteiger partial charge < -0.3 is 0 Å². The number of rotatable bonds is 4. The van der Waals surface area contributed by atoms with Crippen molar-refractivity contribution in [3.8, 4) is 0 Å². The lowest BCUT2D eigenvalue weighted by Gasteiger charge is -2.22. The molecule has 3 nitrogen and oxygen atoms in total. The van der Waals surface area contributed by atoms with Crippen molar-refractivity contribution in [2.45, 2.75) is 38.0 Å². The number of ketones is 1. The minimum atomic E-state index is -3.61. The summed E-state index contributed by atoms with van der Waals surface area (Å²) in [6, 6.07) is 13.5. The van der Waals surface area contributed by atoms with Gasteiger partial charge in [0.05, 0.1) is 4.90 Å². The van der Waals surface area contributed by atoms with Gasteiger partial charge in [-0.2, -0.15) is 0 Å². The van der Waals surface area contributed by atoms with Gasteiger partial charge in [-0.25, -0.2) is 8.42 Å². The average molecular weight is 330 g/mol. The number of benzene rings is 2. The summed E-state index contributed by atoms with van der Waals surface area (Å²) in [5, 5.41) is 0. The molecule has 0 spiro atoms. The van der Waals surface area contributed by atoms with Crippen molar-refractivity contribution in [3.63, 3.8) is 0 Å². The second-order valence-electron chi connectivity index (χ2n) is 6.78. The summed E-state index contributed by atoms with van der Waals surface area (Å²) in [7, 11) is -3.61. The van der Waals surface area contributed by atoms with Crippen LogP contribution in [0.3, 0.4) is 0 Å². The van der Waals surface area contributed by atoms with Crippen LogP contribution in [0.25, 0.3) is 0 Å². The summed E-state index contributed by atoms with van der Waals surface area (Å²) in [5.41, 5.74) is 2.58. The maximum absolute atomic E-state index is 12.4. The Bertz CT molecular complexity index is 813. The number of hydrogen-bond acceptors (Lipinski definition) is 3. The summed E-state index contributed by atoms with van der Waals surface area (Å²) in [4.78, 5) is 12.5. The van der Waals surface area contributed by atoms with E-state index in [1.807, 2.05) is 13.0 Å². The summed E-state index contributed by atoms with van der Waals surface area (Å²) in [6.45, 7) is 8.27. The van der Waals surface area contributed by atoms with Crippen molar-refractivity contribution in [3.05, 3.63) is 65.2 Å². The molecule has 0 aromatic heterocycles. The lowest BCUT2D eigenvalue weighted by Crippen LogP contribution is -2.18. The first-order valence-electron chi connectivity index (χ1n) is 7.53. The first-order valence-corrected chi connectivity index (χ1v) is 9.18. The number of sulfone groups is 1. The van der Waals surface area contributed by atoms with Gasteiger partial charge in [-0.05, 0) is 41.7 Å².